The minimum atomic E-state index is -2.88. The van der Waals surface area contributed by atoms with Crippen LogP contribution >= 0.6 is 0 Å². The monoisotopic (exact) mass is 827 g/mol. The van der Waals surface area contributed by atoms with E-state index in [1.54, 1.807) is 18.3 Å². The first-order chi connectivity index (χ1) is 27.8. The van der Waals surface area contributed by atoms with E-state index in [1.165, 1.54) is 68.1 Å². The third kappa shape index (κ3) is 6.87. The summed E-state index contributed by atoms with van der Waals surface area (Å²) in [5.74, 6) is 2.85. The van der Waals surface area contributed by atoms with E-state index in [9.17, 15) is 23.6 Å². The van der Waals surface area contributed by atoms with E-state index < -0.39 is 21.2 Å². The summed E-state index contributed by atoms with van der Waals surface area (Å²) in [6.07, 6.45) is 18.9. The van der Waals surface area contributed by atoms with Gasteiger partial charge >= 0.3 is 5.97 Å². The van der Waals surface area contributed by atoms with Gasteiger partial charge in [0, 0.05) is 37.9 Å². The number of nitriles is 1. The van der Waals surface area contributed by atoms with E-state index in [-0.39, 0.29) is 51.2 Å². The Morgan fingerprint density at radius 1 is 1.00 bits per heavy atom. The number of allylic oxidation sites excluding steroid dienone is 5. The average molecular weight is 827 g/mol. The van der Waals surface area contributed by atoms with Gasteiger partial charge < -0.3 is 20.1 Å². The van der Waals surface area contributed by atoms with Crippen LogP contribution in [0.15, 0.2) is 53.8 Å². The molecule has 5 fully saturated rings. The molecule has 0 amide bonds. The van der Waals surface area contributed by atoms with Crippen LogP contribution < -0.4 is 10.1 Å². The van der Waals surface area contributed by atoms with Gasteiger partial charge in [-0.15, -0.1) is 0 Å². The van der Waals surface area contributed by atoms with Crippen LogP contribution in [0.4, 0.5) is 0 Å². The maximum Gasteiger partial charge on any atom is 0.313 e. The lowest BCUT2D eigenvalue weighted by atomic mass is 9.33. The number of nitrogens with one attached hydrogen (secondary N) is 1. The number of aromatic nitrogens is 1. The number of nitrogens with zero attached hydrogens (tertiary/aromatic N) is 3. The number of carboxylic acid groups (broad SMARTS) is 1. The lowest BCUT2D eigenvalue weighted by Crippen LogP contribution is -2.68. The molecule has 0 aromatic carbocycles. The van der Waals surface area contributed by atoms with Crippen molar-refractivity contribution in [1.82, 2.24) is 15.2 Å². The first-order valence-electron chi connectivity index (χ1n) is 22.8. The summed E-state index contributed by atoms with van der Waals surface area (Å²) < 4.78 is 30.1. The number of carboxylic acids is 1. The van der Waals surface area contributed by atoms with Crippen molar-refractivity contribution < 1.29 is 23.1 Å². The van der Waals surface area contributed by atoms with Gasteiger partial charge in [0.2, 0.25) is 5.88 Å². The molecular weight excluding hydrogens is 757 g/mol. The van der Waals surface area contributed by atoms with Gasteiger partial charge in [0.05, 0.1) is 11.5 Å². The number of hydrogen-bond acceptors (Lipinski definition) is 8. The van der Waals surface area contributed by atoms with Gasteiger partial charge in [0.1, 0.15) is 23.7 Å². The molecule has 1 aromatic rings. The van der Waals surface area contributed by atoms with Gasteiger partial charge in [-0.05, 0) is 159 Å². The molecule has 4 saturated carbocycles. The Morgan fingerprint density at radius 3 is 2.44 bits per heavy atom. The number of pyridine rings is 1. The number of ether oxygens (including phenoxy) is 1. The van der Waals surface area contributed by atoms with Gasteiger partial charge in [-0.2, -0.15) is 5.26 Å². The molecule has 9 nitrogen and oxygen atoms in total. The Balaban J connectivity index is 1.01. The van der Waals surface area contributed by atoms with E-state index in [0.29, 0.717) is 67.5 Å². The molecule has 0 bridgehead atoms. The molecule has 1 aromatic heterocycles. The molecule has 0 spiro atoms. The molecule has 0 radical (unpaired) electrons. The highest BCUT2D eigenvalue weighted by Crippen LogP contribution is 2.76. The van der Waals surface area contributed by atoms with Crippen LogP contribution in [0.25, 0.3) is 0 Å². The van der Waals surface area contributed by atoms with Crippen LogP contribution in [0.5, 0.6) is 5.88 Å². The van der Waals surface area contributed by atoms with Crippen LogP contribution in [0.2, 0.25) is 0 Å². The van der Waals surface area contributed by atoms with E-state index in [0.717, 1.165) is 19.5 Å². The summed E-state index contributed by atoms with van der Waals surface area (Å²) in [7, 11) is -2.88. The smallest absolute Gasteiger partial charge is 0.313 e. The van der Waals surface area contributed by atoms with Crippen LogP contribution in [0.1, 0.15) is 124 Å². The normalized spacial score (nSPS) is 41.1. The molecule has 2 heterocycles. The zero-order chi connectivity index (χ0) is 42.2. The first-order valence-corrected chi connectivity index (χ1v) is 24.6. The number of hydrogen-bond donors (Lipinski definition) is 2. The maximum atomic E-state index is 12.8. The quantitative estimate of drug-likeness (QED) is 0.222. The predicted octanol–water partition coefficient (Wildman–Crippen LogP) is 8.78. The van der Waals surface area contributed by atoms with E-state index in [1.807, 2.05) is 0 Å². The largest absolute Gasteiger partial charge is 0.481 e. The summed E-state index contributed by atoms with van der Waals surface area (Å²) in [4.78, 5) is 19.4. The Hall–Kier alpha value is -3.00. The Labute approximate surface area is 354 Å². The molecule has 8 rings (SSSR count). The van der Waals surface area contributed by atoms with Crippen LogP contribution in [0, 0.1) is 68.0 Å². The fraction of sp³-hybridized carbons (Fsp3) is 0.735. The van der Waals surface area contributed by atoms with Crippen LogP contribution in [-0.4, -0.2) is 79.2 Å². The number of aliphatic carboxylic acids is 1. The standard InChI is InChI=1S/C49H70N4O5S/c1-33(2)36-14-21-49(52-25-26-53-27-29-59(56,57)30-28-53)23-22-46(6)38(41(36)49)10-11-40-45(5)17-15-37(44(3,4)39(45)16-18-47(40,46)7)34-12-19-48(20-13-34,43(54)55)32-58-42-35(31-50)9-8-24-51-42/h8-9,12,15,24,36,38-41,52H,1,10-11,13-14,16-23,25-30,32H2,2-7H3,(H,54,55)/t36?,38-,39+,40-,41-,45+,46-,47-,48?,49+/m1/s1. The molecule has 6 aliphatic carbocycles. The van der Waals surface area contributed by atoms with E-state index in [2.05, 4.69) is 81.5 Å². The average Bonchev–Trinajstić information content (AvgIpc) is 3.58. The molecule has 10 heteroatoms. The molecule has 7 aliphatic rings. The Bertz CT molecular complexity index is 2060. The highest BCUT2D eigenvalue weighted by Gasteiger charge is 2.70. The highest BCUT2D eigenvalue weighted by molar-refractivity contribution is 7.91. The topological polar surface area (TPSA) is 133 Å². The van der Waals surface area contributed by atoms with Gasteiger partial charge in [-0.1, -0.05) is 58.9 Å². The van der Waals surface area contributed by atoms with Crippen molar-refractivity contribution in [1.29, 1.82) is 5.26 Å². The van der Waals surface area contributed by atoms with E-state index >= 15 is 0 Å². The summed E-state index contributed by atoms with van der Waals surface area (Å²) >= 11 is 0. The molecule has 1 saturated heterocycles. The lowest BCUT2D eigenvalue weighted by molar-refractivity contribution is -0.221. The molecule has 1 aliphatic heterocycles. The predicted molar refractivity (Wildman–Crippen MR) is 232 cm³/mol. The zero-order valence-corrected chi connectivity index (χ0v) is 37.6. The summed E-state index contributed by atoms with van der Waals surface area (Å²) in [6, 6.07) is 5.43. The second kappa shape index (κ2) is 15.1. The summed E-state index contributed by atoms with van der Waals surface area (Å²) in [5, 5.41) is 24.2. The molecule has 2 N–H and O–H groups in total. The van der Waals surface area contributed by atoms with Crippen molar-refractivity contribution in [2.24, 2.45) is 56.7 Å². The SMILES string of the molecule is C=C(C)C1CC[C@]2(NCCN3CCS(=O)(=O)CC3)CC[C@]3(C)[C@H](CC[C@@H]4[C@@]5(C)CC=C(C6=CCC(COc7ncccc7C#N)(C(=O)O)CC6)C(C)(C)[C@@H]5CC[C@]43C)[C@@H]12. The van der Waals surface area contributed by atoms with Crippen LogP contribution in [-0.2, 0) is 14.6 Å². The van der Waals surface area contributed by atoms with Gasteiger partial charge in [-0.25, -0.2) is 13.4 Å². The Morgan fingerprint density at radius 2 is 1.76 bits per heavy atom. The maximum absolute atomic E-state index is 12.8. The zero-order valence-electron chi connectivity index (χ0n) is 36.7. The third-order valence-corrected chi connectivity index (χ3v) is 20.4. The number of rotatable bonds is 10. The van der Waals surface area contributed by atoms with Crippen molar-refractivity contribution >= 4 is 15.8 Å². The minimum Gasteiger partial charge on any atom is -0.481 e. The highest BCUT2D eigenvalue weighted by atomic mass is 32.2. The Kier molecular flexibility index (Phi) is 10.9. The molecule has 2 unspecified atom stereocenters. The molecule has 59 heavy (non-hydrogen) atoms. The fourth-order valence-electron chi connectivity index (χ4n) is 15.4. The molecule has 322 valence electrons. The van der Waals surface area contributed by atoms with Gasteiger partial charge in [0.15, 0.2) is 9.84 Å². The minimum absolute atomic E-state index is 0.0149. The lowest BCUT2D eigenvalue weighted by Gasteiger charge is -2.72. The third-order valence-electron chi connectivity index (χ3n) is 18.8. The fourth-order valence-corrected chi connectivity index (χ4v) is 16.6. The molecular formula is C49H70N4O5S. The van der Waals surface area contributed by atoms with Crippen LogP contribution in [0.3, 0.4) is 0 Å². The van der Waals surface area contributed by atoms with Crippen molar-refractivity contribution in [2.45, 2.75) is 124 Å². The molecule has 10 atom stereocenters. The number of fused-ring (bicyclic) bond motifs is 7. The van der Waals surface area contributed by atoms with Crippen molar-refractivity contribution in [3.63, 3.8) is 0 Å². The van der Waals surface area contributed by atoms with Crippen molar-refractivity contribution in [3.8, 4) is 11.9 Å². The van der Waals surface area contributed by atoms with Gasteiger partial charge in [0.25, 0.3) is 0 Å². The van der Waals surface area contributed by atoms with E-state index in [4.69, 9.17) is 4.74 Å². The first kappa shape index (κ1) is 42.7. The second-order valence-electron chi connectivity index (χ2n) is 21.6. The summed E-state index contributed by atoms with van der Waals surface area (Å²) in [6.45, 7) is 23.0. The van der Waals surface area contributed by atoms with Crippen molar-refractivity contribution in [3.05, 3.63) is 59.3 Å². The summed E-state index contributed by atoms with van der Waals surface area (Å²) in [5.41, 5.74) is 4.09. The second-order valence-corrected chi connectivity index (χ2v) is 23.9. The van der Waals surface area contributed by atoms with Crippen molar-refractivity contribution in [2.75, 3.05) is 44.3 Å². The van der Waals surface area contributed by atoms with Gasteiger partial charge in [-0.3, -0.25) is 4.79 Å². The number of sulfone groups is 1. The number of carbonyl (C=O) groups is 1.